The Morgan fingerprint density at radius 2 is 1.61 bits per heavy atom. The summed E-state index contributed by atoms with van der Waals surface area (Å²) in [4.78, 5) is 22.1. The standard InChI is InChI=1S/C10H12F7NO4S/c1-2-21-7(20)23-3-5(18)6(19)22-4-8(11,12)9(13,14)10(15,16)17/h5H,2-4,18H2,1H3/t5-/m0/s1. The molecule has 0 aromatic carbocycles. The Bertz CT molecular complexity index is 430. The predicted octanol–water partition coefficient (Wildman–Crippen LogP) is 2.58. The number of halogens is 7. The molecule has 0 aliphatic carbocycles. The summed E-state index contributed by atoms with van der Waals surface area (Å²) in [6.45, 7) is -1.02. The van der Waals surface area contributed by atoms with Gasteiger partial charge in [0.05, 0.1) is 6.61 Å². The van der Waals surface area contributed by atoms with Gasteiger partial charge in [0.15, 0.2) is 6.61 Å². The van der Waals surface area contributed by atoms with Crippen LogP contribution in [0.5, 0.6) is 0 Å². The van der Waals surface area contributed by atoms with E-state index in [2.05, 4.69) is 9.47 Å². The fourth-order valence-electron chi connectivity index (χ4n) is 0.952. The van der Waals surface area contributed by atoms with E-state index in [0.29, 0.717) is 11.8 Å². The van der Waals surface area contributed by atoms with Crippen molar-refractivity contribution in [2.24, 2.45) is 5.73 Å². The van der Waals surface area contributed by atoms with Gasteiger partial charge in [-0.15, -0.1) is 0 Å². The monoisotopic (exact) mass is 375 g/mol. The van der Waals surface area contributed by atoms with Crippen LogP contribution < -0.4 is 5.73 Å². The molecule has 136 valence electrons. The van der Waals surface area contributed by atoms with Crippen LogP contribution in [0.25, 0.3) is 0 Å². The van der Waals surface area contributed by atoms with Crippen molar-refractivity contribution in [2.75, 3.05) is 19.0 Å². The summed E-state index contributed by atoms with van der Waals surface area (Å²) >= 11 is 0.378. The summed E-state index contributed by atoms with van der Waals surface area (Å²) in [5, 5.41) is -0.843. The molecule has 0 aromatic rings. The zero-order valence-corrected chi connectivity index (χ0v) is 12.3. The third-order valence-electron chi connectivity index (χ3n) is 2.16. The quantitative estimate of drug-likeness (QED) is 0.544. The van der Waals surface area contributed by atoms with E-state index in [-0.39, 0.29) is 6.61 Å². The highest BCUT2D eigenvalue weighted by Crippen LogP contribution is 2.46. The molecule has 0 aliphatic heterocycles. The third kappa shape index (κ3) is 6.05. The van der Waals surface area contributed by atoms with E-state index in [1.807, 2.05) is 0 Å². The van der Waals surface area contributed by atoms with Crippen LogP contribution in [0, 0.1) is 0 Å². The molecule has 2 N–H and O–H groups in total. The van der Waals surface area contributed by atoms with Crippen LogP contribution in [-0.2, 0) is 14.3 Å². The van der Waals surface area contributed by atoms with Crippen molar-refractivity contribution in [3.63, 3.8) is 0 Å². The fourth-order valence-corrected chi connectivity index (χ4v) is 1.61. The SMILES string of the molecule is CCOC(=O)SC[C@H](N)C(=O)OCC(F)(F)C(F)(F)C(F)(F)F. The van der Waals surface area contributed by atoms with Crippen molar-refractivity contribution < 1.29 is 49.8 Å². The first-order valence-electron chi connectivity index (χ1n) is 5.80. The summed E-state index contributed by atoms with van der Waals surface area (Å²) in [5.41, 5.74) is 5.13. The molecule has 0 radical (unpaired) electrons. The van der Waals surface area contributed by atoms with Crippen LogP contribution in [0.1, 0.15) is 6.92 Å². The molecule has 23 heavy (non-hydrogen) atoms. The molecule has 1 atom stereocenters. The lowest BCUT2D eigenvalue weighted by Crippen LogP contribution is -2.55. The van der Waals surface area contributed by atoms with Crippen LogP contribution in [0.3, 0.4) is 0 Å². The lowest BCUT2D eigenvalue weighted by Gasteiger charge is -2.27. The van der Waals surface area contributed by atoms with Gasteiger partial charge in [0.25, 0.3) is 0 Å². The Kier molecular flexibility index (Phi) is 7.60. The maximum atomic E-state index is 12.9. The molecule has 0 fully saturated rings. The van der Waals surface area contributed by atoms with Crippen molar-refractivity contribution in [1.82, 2.24) is 0 Å². The minimum absolute atomic E-state index is 0.0181. The highest BCUT2D eigenvalue weighted by atomic mass is 32.2. The van der Waals surface area contributed by atoms with Crippen molar-refractivity contribution in [3.8, 4) is 0 Å². The number of carbonyl (C=O) groups excluding carboxylic acids is 2. The second-order valence-corrected chi connectivity index (χ2v) is 4.94. The molecule has 0 rings (SSSR count). The first-order valence-corrected chi connectivity index (χ1v) is 6.79. The van der Waals surface area contributed by atoms with Crippen LogP contribution in [0.15, 0.2) is 0 Å². The lowest BCUT2D eigenvalue weighted by atomic mass is 10.2. The van der Waals surface area contributed by atoms with Gasteiger partial charge in [-0.1, -0.05) is 0 Å². The van der Waals surface area contributed by atoms with Gasteiger partial charge in [-0.3, -0.25) is 4.79 Å². The van der Waals surface area contributed by atoms with E-state index in [1.54, 1.807) is 0 Å². The van der Waals surface area contributed by atoms with E-state index in [1.165, 1.54) is 6.92 Å². The Balaban J connectivity index is 4.55. The number of nitrogens with two attached hydrogens (primary N) is 1. The minimum Gasteiger partial charge on any atom is -0.458 e. The number of hydrogen-bond donors (Lipinski definition) is 1. The predicted molar refractivity (Wildman–Crippen MR) is 64.4 cm³/mol. The van der Waals surface area contributed by atoms with E-state index < -0.39 is 47.7 Å². The van der Waals surface area contributed by atoms with E-state index >= 15 is 0 Å². The third-order valence-corrected chi connectivity index (χ3v) is 3.04. The van der Waals surface area contributed by atoms with Gasteiger partial charge in [0, 0.05) is 5.75 Å². The van der Waals surface area contributed by atoms with Crippen molar-refractivity contribution in [3.05, 3.63) is 0 Å². The molecule has 0 heterocycles. The first-order chi connectivity index (χ1) is 10.3. The van der Waals surface area contributed by atoms with Gasteiger partial charge in [-0.25, -0.2) is 4.79 Å². The second-order valence-electron chi connectivity index (χ2n) is 3.98. The molecule has 0 amide bonds. The number of thioether (sulfide) groups is 1. The first kappa shape index (κ1) is 21.8. The van der Waals surface area contributed by atoms with Gasteiger partial charge < -0.3 is 15.2 Å². The Morgan fingerprint density at radius 3 is 2.04 bits per heavy atom. The maximum absolute atomic E-state index is 12.9. The largest absolute Gasteiger partial charge is 0.460 e. The zero-order valence-electron chi connectivity index (χ0n) is 11.5. The molecule has 0 bridgehead atoms. The number of carbonyl (C=O) groups is 2. The molecular formula is C10H12F7NO4S. The molecular weight excluding hydrogens is 363 g/mol. The van der Waals surface area contributed by atoms with Crippen LogP contribution >= 0.6 is 11.8 Å². The number of alkyl halides is 7. The fraction of sp³-hybridized carbons (Fsp3) is 0.800. The Hall–Kier alpha value is -1.24. The maximum Gasteiger partial charge on any atom is 0.460 e. The topological polar surface area (TPSA) is 78.6 Å². The minimum atomic E-state index is -6.52. The molecule has 0 saturated heterocycles. The van der Waals surface area contributed by atoms with Gasteiger partial charge >= 0.3 is 29.3 Å². The summed E-state index contributed by atoms with van der Waals surface area (Å²) in [6.07, 6.45) is -6.52. The van der Waals surface area contributed by atoms with Crippen LogP contribution in [0.4, 0.5) is 35.5 Å². The molecule has 0 aromatic heterocycles. The normalized spacial score (nSPS) is 14.3. The van der Waals surface area contributed by atoms with Crippen molar-refractivity contribution >= 4 is 23.0 Å². The molecule has 0 spiro atoms. The summed E-state index contributed by atoms with van der Waals surface area (Å²) in [5.74, 6) is -14.2. The van der Waals surface area contributed by atoms with Crippen LogP contribution in [0.2, 0.25) is 0 Å². The number of ether oxygens (including phenoxy) is 2. The Labute approximate surface area is 129 Å². The van der Waals surface area contributed by atoms with Gasteiger partial charge in [0.2, 0.25) is 0 Å². The average molecular weight is 375 g/mol. The summed E-state index contributed by atoms with van der Waals surface area (Å²) in [6, 6.07) is -1.69. The van der Waals surface area contributed by atoms with Crippen LogP contribution in [-0.4, -0.2) is 54.3 Å². The highest BCUT2D eigenvalue weighted by Gasteiger charge is 2.73. The van der Waals surface area contributed by atoms with E-state index in [4.69, 9.17) is 5.73 Å². The molecule has 0 unspecified atom stereocenters. The molecule has 0 aliphatic rings. The van der Waals surface area contributed by atoms with Gasteiger partial charge in [0.1, 0.15) is 6.04 Å². The van der Waals surface area contributed by atoms with Crippen molar-refractivity contribution in [1.29, 1.82) is 0 Å². The van der Waals surface area contributed by atoms with Gasteiger partial charge in [-0.05, 0) is 18.7 Å². The highest BCUT2D eigenvalue weighted by molar-refractivity contribution is 8.13. The van der Waals surface area contributed by atoms with Gasteiger partial charge in [-0.2, -0.15) is 30.7 Å². The summed E-state index contributed by atoms with van der Waals surface area (Å²) in [7, 11) is 0. The smallest absolute Gasteiger partial charge is 0.458 e. The van der Waals surface area contributed by atoms with E-state index in [9.17, 15) is 40.3 Å². The zero-order chi connectivity index (χ0) is 18.5. The average Bonchev–Trinajstić information content (AvgIpc) is 2.41. The number of esters is 1. The lowest BCUT2D eigenvalue weighted by molar-refractivity contribution is -0.359. The van der Waals surface area contributed by atoms with E-state index in [0.717, 1.165) is 0 Å². The summed E-state index contributed by atoms with van der Waals surface area (Å²) < 4.78 is 94.5. The molecule has 0 saturated carbocycles. The number of rotatable bonds is 7. The Morgan fingerprint density at radius 1 is 1.09 bits per heavy atom. The van der Waals surface area contributed by atoms with Crippen molar-refractivity contribution in [2.45, 2.75) is 31.0 Å². The molecule has 13 heteroatoms. The molecule has 5 nitrogen and oxygen atoms in total. The second kappa shape index (κ2) is 8.04. The number of hydrogen-bond acceptors (Lipinski definition) is 6.